The second-order valence-electron chi connectivity index (χ2n) is 9.87. The molecule has 39 heavy (non-hydrogen) atoms. The number of nitrogens with zero attached hydrogens (tertiary/aromatic N) is 7. The van der Waals surface area contributed by atoms with Gasteiger partial charge >= 0.3 is 6.18 Å². The van der Waals surface area contributed by atoms with Crippen molar-refractivity contribution >= 4 is 22.3 Å². The average Bonchev–Trinajstić information content (AvgIpc) is 3.49. The van der Waals surface area contributed by atoms with Gasteiger partial charge in [0.05, 0.1) is 11.4 Å². The minimum atomic E-state index is -4.69. The lowest BCUT2D eigenvalue weighted by molar-refractivity contribution is -0.142. The van der Waals surface area contributed by atoms with Gasteiger partial charge in [-0.25, -0.2) is 9.50 Å². The number of aromatic nitrogens is 5. The van der Waals surface area contributed by atoms with Crippen LogP contribution < -0.4 is 0 Å². The molecule has 1 aliphatic heterocycles. The summed E-state index contributed by atoms with van der Waals surface area (Å²) in [4.78, 5) is 21.6. The van der Waals surface area contributed by atoms with Crippen LogP contribution in [-0.4, -0.2) is 66.3 Å². The van der Waals surface area contributed by atoms with Crippen LogP contribution in [0.25, 0.3) is 27.7 Å². The normalized spacial score (nSPS) is 14.9. The molecule has 0 saturated carbocycles. The van der Waals surface area contributed by atoms with Gasteiger partial charge in [0.1, 0.15) is 0 Å². The fraction of sp³-hybridized carbons (Fsp3) is 0.286. The van der Waals surface area contributed by atoms with Gasteiger partial charge in [0.15, 0.2) is 17.0 Å². The number of piperazine rings is 1. The van der Waals surface area contributed by atoms with Gasteiger partial charge in [-0.2, -0.15) is 23.4 Å². The van der Waals surface area contributed by atoms with Crippen molar-refractivity contribution in [1.82, 2.24) is 34.2 Å². The highest BCUT2D eigenvalue weighted by Gasteiger charge is 2.36. The summed E-state index contributed by atoms with van der Waals surface area (Å²) in [5, 5.41) is 10.3. The van der Waals surface area contributed by atoms with Crippen molar-refractivity contribution in [2.75, 3.05) is 26.2 Å². The number of benzene rings is 2. The van der Waals surface area contributed by atoms with Gasteiger partial charge in [0.25, 0.3) is 5.91 Å². The van der Waals surface area contributed by atoms with E-state index < -0.39 is 17.8 Å². The van der Waals surface area contributed by atoms with Crippen LogP contribution in [0.1, 0.15) is 27.4 Å². The first-order valence-corrected chi connectivity index (χ1v) is 12.6. The second kappa shape index (κ2) is 9.49. The summed E-state index contributed by atoms with van der Waals surface area (Å²) < 4.78 is 44.8. The Bertz CT molecular complexity index is 1700. The molecule has 4 heterocycles. The Labute approximate surface area is 222 Å². The summed E-state index contributed by atoms with van der Waals surface area (Å²) in [6, 6.07) is 15.3. The molecule has 6 rings (SSSR count). The molecule has 2 aromatic carbocycles. The molecule has 1 amide bonds. The van der Waals surface area contributed by atoms with E-state index in [1.165, 1.54) is 6.07 Å². The van der Waals surface area contributed by atoms with Gasteiger partial charge < -0.3 is 4.90 Å². The molecule has 0 aliphatic carbocycles. The Hall–Kier alpha value is -4.25. The van der Waals surface area contributed by atoms with Crippen molar-refractivity contribution in [3.63, 3.8) is 0 Å². The van der Waals surface area contributed by atoms with E-state index in [1.807, 2.05) is 56.6 Å². The van der Waals surface area contributed by atoms with E-state index >= 15 is 0 Å². The van der Waals surface area contributed by atoms with Gasteiger partial charge in [-0.3, -0.25) is 14.4 Å². The molecule has 1 fully saturated rings. The van der Waals surface area contributed by atoms with Gasteiger partial charge in [0, 0.05) is 63.2 Å². The monoisotopic (exact) mass is 533 g/mol. The first kappa shape index (κ1) is 25.1. The summed E-state index contributed by atoms with van der Waals surface area (Å²) in [6.07, 6.45) is -2.70. The Kier molecular flexibility index (Phi) is 6.10. The van der Waals surface area contributed by atoms with Crippen LogP contribution in [0.5, 0.6) is 0 Å². The molecule has 0 bridgehead atoms. The first-order chi connectivity index (χ1) is 18.7. The minimum Gasteiger partial charge on any atom is -0.335 e. The summed E-state index contributed by atoms with van der Waals surface area (Å²) in [5.74, 6) is -0.405. The van der Waals surface area contributed by atoms with Crippen LogP contribution in [-0.2, 0) is 19.8 Å². The lowest BCUT2D eigenvalue weighted by atomic mass is 10.0. The van der Waals surface area contributed by atoms with Crippen molar-refractivity contribution in [3.05, 3.63) is 83.4 Å². The van der Waals surface area contributed by atoms with Crippen LogP contribution in [0.15, 0.2) is 60.8 Å². The standard InChI is InChI=1S/C28H26F3N7O/c1-18-22(16-35(2)33-18)17-36-9-11-37(12-10-36)27(39)24-15-26-32-23(14-25(28(29,30)31)38(26)34-24)21-8-7-19-5-3-4-6-20(19)13-21/h3-8,13-16H,9-12,17H2,1-2H3. The maximum atomic E-state index is 14.1. The zero-order valence-corrected chi connectivity index (χ0v) is 21.5. The molecule has 1 aliphatic rings. The van der Waals surface area contributed by atoms with E-state index in [1.54, 1.807) is 15.6 Å². The third kappa shape index (κ3) is 4.85. The van der Waals surface area contributed by atoms with Crippen LogP contribution >= 0.6 is 0 Å². The van der Waals surface area contributed by atoms with Crippen molar-refractivity contribution in [3.8, 4) is 11.3 Å². The molecule has 5 aromatic rings. The maximum absolute atomic E-state index is 14.1. The quantitative estimate of drug-likeness (QED) is 0.339. The summed E-state index contributed by atoms with van der Waals surface area (Å²) in [7, 11) is 1.88. The fourth-order valence-corrected chi connectivity index (χ4v) is 5.09. The van der Waals surface area contributed by atoms with Crippen molar-refractivity contribution in [2.24, 2.45) is 7.05 Å². The number of carbonyl (C=O) groups excluding carboxylic acids is 1. The van der Waals surface area contributed by atoms with Crippen molar-refractivity contribution in [1.29, 1.82) is 0 Å². The van der Waals surface area contributed by atoms with E-state index in [9.17, 15) is 18.0 Å². The molecule has 0 spiro atoms. The molecule has 3 aromatic heterocycles. The SMILES string of the molecule is Cc1nn(C)cc1CN1CCN(C(=O)c2cc3nc(-c4ccc5ccccc5c4)cc(C(F)(F)F)n3n2)CC1. The lowest BCUT2D eigenvalue weighted by Crippen LogP contribution is -2.48. The smallest absolute Gasteiger partial charge is 0.335 e. The third-order valence-electron chi connectivity index (χ3n) is 7.15. The number of aryl methyl sites for hydroxylation is 2. The van der Waals surface area contributed by atoms with E-state index in [2.05, 4.69) is 20.1 Å². The number of amides is 1. The molecule has 0 atom stereocenters. The third-order valence-corrected chi connectivity index (χ3v) is 7.15. The number of carbonyl (C=O) groups is 1. The number of alkyl halides is 3. The molecule has 0 unspecified atom stereocenters. The molecule has 1 saturated heterocycles. The molecule has 8 nitrogen and oxygen atoms in total. The Balaban J connectivity index is 1.26. The zero-order valence-electron chi connectivity index (χ0n) is 21.5. The van der Waals surface area contributed by atoms with E-state index in [-0.39, 0.29) is 17.0 Å². The topological polar surface area (TPSA) is 71.6 Å². The maximum Gasteiger partial charge on any atom is 0.433 e. The van der Waals surface area contributed by atoms with Crippen molar-refractivity contribution < 1.29 is 18.0 Å². The van der Waals surface area contributed by atoms with Crippen LogP contribution in [0.3, 0.4) is 0 Å². The average molecular weight is 534 g/mol. The summed E-state index contributed by atoms with van der Waals surface area (Å²) in [5.41, 5.74) is 1.76. The summed E-state index contributed by atoms with van der Waals surface area (Å²) >= 11 is 0. The van der Waals surface area contributed by atoms with Gasteiger partial charge in [-0.15, -0.1) is 0 Å². The van der Waals surface area contributed by atoms with E-state index in [4.69, 9.17) is 0 Å². The van der Waals surface area contributed by atoms with Crippen LogP contribution in [0.2, 0.25) is 0 Å². The molecular formula is C28H26F3N7O. The molecular weight excluding hydrogens is 507 g/mol. The van der Waals surface area contributed by atoms with E-state index in [0.717, 1.165) is 39.2 Å². The Morgan fingerprint density at radius 2 is 1.69 bits per heavy atom. The minimum absolute atomic E-state index is 0.0259. The highest BCUT2D eigenvalue weighted by Crippen LogP contribution is 2.33. The van der Waals surface area contributed by atoms with Crippen LogP contribution in [0.4, 0.5) is 13.2 Å². The zero-order chi connectivity index (χ0) is 27.3. The number of hydrogen-bond acceptors (Lipinski definition) is 5. The molecule has 200 valence electrons. The fourth-order valence-electron chi connectivity index (χ4n) is 5.09. The predicted molar refractivity (Wildman–Crippen MR) is 140 cm³/mol. The number of rotatable bonds is 4. The highest BCUT2D eigenvalue weighted by atomic mass is 19.4. The van der Waals surface area contributed by atoms with E-state index in [0.29, 0.717) is 31.7 Å². The largest absolute Gasteiger partial charge is 0.433 e. The lowest BCUT2D eigenvalue weighted by Gasteiger charge is -2.34. The Morgan fingerprint density at radius 3 is 2.38 bits per heavy atom. The second-order valence-corrected chi connectivity index (χ2v) is 9.87. The predicted octanol–water partition coefficient (Wildman–Crippen LogP) is 4.57. The Morgan fingerprint density at radius 1 is 0.949 bits per heavy atom. The molecule has 0 radical (unpaired) electrons. The molecule has 11 heteroatoms. The highest BCUT2D eigenvalue weighted by molar-refractivity contribution is 5.93. The summed E-state index contributed by atoms with van der Waals surface area (Å²) in [6.45, 7) is 4.89. The number of fused-ring (bicyclic) bond motifs is 2. The van der Waals surface area contributed by atoms with Crippen LogP contribution in [0, 0.1) is 6.92 Å². The first-order valence-electron chi connectivity index (χ1n) is 12.6. The van der Waals surface area contributed by atoms with Gasteiger partial charge in [-0.1, -0.05) is 36.4 Å². The van der Waals surface area contributed by atoms with Crippen molar-refractivity contribution in [2.45, 2.75) is 19.6 Å². The number of halogens is 3. The molecule has 0 N–H and O–H groups in total. The number of hydrogen-bond donors (Lipinski definition) is 0. The van der Waals surface area contributed by atoms with Gasteiger partial charge in [0.2, 0.25) is 0 Å². The van der Waals surface area contributed by atoms with Gasteiger partial charge in [-0.05, 0) is 29.8 Å².